The first-order valence-electron chi connectivity index (χ1n) is 10.4. The quantitative estimate of drug-likeness (QED) is 0.592. The van der Waals surface area contributed by atoms with Crippen molar-refractivity contribution in [2.75, 3.05) is 6.54 Å². The van der Waals surface area contributed by atoms with E-state index in [9.17, 15) is 19.2 Å². The molecular weight excluding hydrogens is 396 g/mol. The number of nitrogens with zero attached hydrogens (tertiary/aromatic N) is 1. The molecule has 0 aromatic heterocycles. The maximum Gasteiger partial charge on any atom is 0.326 e. The Labute approximate surface area is 180 Å². The zero-order chi connectivity index (χ0) is 22.0. The lowest BCUT2D eigenvalue weighted by molar-refractivity contribution is -0.157. The Hall–Kier alpha value is -3.48. The summed E-state index contributed by atoms with van der Waals surface area (Å²) in [7, 11) is 0. The molecule has 2 aliphatic rings. The van der Waals surface area contributed by atoms with E-state index < -0.39 is 36.3 Å². The van der Waals surface area contributed by atoms with Crippen molar-refractivity contribution in [1.82, 2.24) is 10.2 Å². The second kappa shape index (κ2) is 8.71. The fourth-order valence-electron chi connectivity index (χ4n) is 4.17. The summed E-state index contributed by atoms with van der Waals surface area (Å²) in [5.41, 5.74) is 3.34. The van der Waals surface area contributed by atoms with E-state index in [0.717, 1.165) is 29.7 Å². The highest BCUT2D eigenvalue weighted by molar-refractivity contribution is 6.11. The molecule has 2 aromatic carbocycles. The monoisotopic (exact) mass is 420 g/mol. The summed E-state index contributed by atoms with van der Waals surface area (Å²) in [6.07, 6.45) is 1.78. The van der Waals surface area contributed by atoms with Crippen LogP contribution in [-0.4, -0.2) is 41.2 Å². The second-order valence-corrected chi connectivity index (χ2v) is 7.90. The molecule has 1 heterocycles. The number of amides is 3. The fourth-order valence-corrected chi connectivity index (χ4v) is 4.17. The molecular formula is C24H24N2O5. The van der Waals surface area contributed by atoms with E-state index in [-0.39, 0.29) is 12.5 Å². The summed E-state index contributed by atoms with van der Waals surface area (Å²) in [5, 5.41) is 2.95. The largest absolute Gasteiger partial charge is 0.451 e. The molecule has 0 saturated heterocycles. The maximum atomic E-state index is 12.6. The Bertz CT molecular complexity index is 1050. The fraction of sp³-hybridized carbons (Fsp3) is 0.333. The number of carbonyl (C=O) groups excluding carboxylic acids is 4. The van der Waals surface area contributed by atoms with E-state index in [1.807, 2.05) is 18.2 Å². The molecule has 2 aromatic rings. The Morgan fingerprint density at radius 3 is 2.61 bits per heavy atom. The van der Waals surface area contributed by atoms with Crippen LogP contribution < -0.4 is 5.32 Å². The van der Waals surface area contributed by atoms with Gasteiger partial charge in [0.15, 0.2) is 6.10 Å². The van der Waals surface area contributed by atoms with Gasteiger partial charge in [-0.05, 0) is 48.9 Å². The molecule has 1 aliphatic heterocycles. The van der Waals surface area contributed by atoms with Crippen LogP contribution in [0.4, 0.5) is 0 Å². The Kier molecular flexibility index (Phi) is 5.84. The first kappa shape index (κ1) is 20.8. The van der Waals surface area contributed by atoms with Crippen LogP contribution in [0.5, 0.6) is 0 Å². The van der Waals surface area contributed by atoms with Crippen molar-refractivity contribution >= 4 is 23.7 Å². The van der Waals surface area contributed by atoms with Crippen molar-refractivity contribution in [1.29, 1.82) is 0 Å². The number of esters is 1. The van der Waals surface area contributed by atoms with Crippen LogP contribution in [0.1, 0.15) is 52.9 Å². The van der Waals surface area contributed by atoms with Gasteiger partial charge >= 0.3 is 5.97 Å². The minimum absolute atomic E-state index is 0.0479. The van der Waals surface area contributed by atoms with Crippen LogP contribution in [0.15, 0.2) is 48.5 Å². The van der Waals surface area contributed by atoms with Crippen molar-refractivity contribution in [3.8, 4) is 0 Å². The van der Waals surface area contributed by atoms with Gasteiger partial charge in [0.1, 0.15) is 6.54 Å². The standard InChI is InChI=1S/C24H24N2O5/c1-15(23(29)25-20-12-6-9-16-7-2-4-10-18(16)20)31-22(28)14-26-21(27)13-17-8-3-5-11-19(17)24(26)30/h2-5,7-8,10-11,15,20H,6,9,12-14H2,1H3,(H,25,29)/t15-,20-/m1/s1. The van der Waals surface area contributed by atoms with Crippen LogP contribution in [-0.2, 0) is 32.0 Å². The van der Waals surface area contributed by atoms with Crippen LogP contribution in [0.2, 0.25) is 0 Å². The van der Waals surface area contributed by atoms with E-state index in [2.05, 4.69) is 11.4 Å². The number of hydrogen-bond donors (Lipinski definition) is 1. The Morgan fingerprint density at radius 2 is 1.81 bits per heavy atom. The molecule has 0 radical (unpaired) electrons. The van der Waals surface area contributed by atoms with E-state index in [1.165, 1.54) is 12.5 Å². The van der Waals surface area contributed by atoms with Crippen LogP contribution in [0, 0.1) is 0 Å². The molecule has 7 heteroatoms. The van der Waals surface area contributed by atoms with E-state index in [4.69, 9.17) is 4.74 Å². The first-order valence-corrected chi connectivity index (χ1v) is 10.4. The predicted molar refractivity (Wildman–Crippen MR) is 112 cm³/mol. The highest BCUT2D eigenvalue weighted by atomic mass is 16.5. The Morgan fingerprint density at radius 1 is 1.10 bits per heavy atom. The van der Waals surface area contributed by atoms with Gasteiger partial charge in [0.25, 0.3) is 11.8 Å². The summed E-state index contributed by atoms with van der Waals surface area (Å²) >= 11 is 0. The zero-order valence-electron chi connectivity index (χ0n) is 17.3. The number of nitrogens with one attached hydrogen (secondary N) is 1. The van der Waals surface area contributed by atoms with Gasteiger partial charge in [0.2, 0.25) is 5.91 Å². The second-order valence-electron chi connectivity index (χ2n) is 7.90. The van der Waals surface area contributed by atoms with Crippen LogP contribution in [0.3, 0.4) is 0 Å². The molecule has 4 rings (SSSR count). The zero-order valence-corrected chi connectivity index (χ0v) is 17.3. The predicted octanol–water partition coefficient (Wildman–Crippen LogP) is 2.34. The van der Waals surface area contributed by atoms with E-state index >= 15 is 0 Å². The molecule has 7 nitrogen and oxygen atoms in total. The molecule has 3 amide bonds. The third-order valence-electron chi connectivity index (χ3n) is 5.79. The molecule has 31 heavy (non-hydrogen) atoms. The summed E-state index contributed by atoms with van der Waals surface area (Å²) < 4.78 is 5.23. The van der Waals surface area contributed by atoms with Gasteiger partial charge in [0.05, 0.1) is 12.5 Å². The number of aryl methyl sites for hydroxylation is 1. The molecule has 0 fully saturated rings. The topological polar surface area (TPSA) is 92.8 Å². The molecule has 160 valence electrons. The van der Waals surface area contributed by atoms with Gasteiger partial charge < -0.3 is 10.1 Å². The van der Waals surface area contributed by atoms with Crippen molar-refractivity contribution in [3.63, 3.8) is 0 Å². The van der Waals surface area contributed by atoms with Crippen LogP contribution >= 0.6 is 0 Å². The lowest BCUT2D eigenvalue weighted by atomic mass is 9.87. The summed E-state index contributed by atoms with van der Waals surface area (Å²) in [6, 6.07) is 14.7. The van der Waals surface area contributed by atoms with Gasteiger partial charge in [-0.15, -0.1) is 0 Å². The number of rotatable bonds is 5. The first-order chi connectivity index (χ1) is 14.9. The minimum Gasteiger partial charge on any atom is -0.451 e. The van der Waals surface area contributed by atoms with E-state index in [1.54, 1.807) is 24.3 Å². The molecule has 1 aliphatic carbocycles. The summed E-state index contributed by atoms with van der Waals surface area (Å²) in [4.78, 5) is 50.8. The van der Waals surface area contributed by atoms with Crippen molar-refractivity contribution < 1.29 is 23.9 Å². The number of ether oxygens (including phenoxy) is 1. The average molecular weight is 420 g/mol. The highest BCUT2D eigenvalue weighted by Crippen LogP contribution is 2.29. The molecule has 2 atom stereocenters. The van der Waals surface area contributed by atoms with Gasteiger partial charge in [-0.2, -0.15) is 0 Å². The van der Waals surface area contributed by atoms with Gasteiger partial charge in [-0.25, -0.2) is 0 Å². The number of hydrogen-bond acceptors (Lipinski definition) is 5. The lowest BCUT2D eigenvalue weighted by Crippen LogP contribution is -2.46. The Balaban J connectivity index is 1.35. The minimum atomic E-state index is -1.04. The lowest BCUT2D eigenvalue weighted by Gasteiger charge is -2.28. The molecule has 0 spiro atoms. The van der Waals surface area contributed by atoms with Crippen molar-refractivity contribution in [2.45, 2.75) is 44.8 Å². The summed E-state index contributed by atoms with van der Waals surface area (Å²) in [5.74, 6) is -2.19. The molecule has 1 N–H and O–H groups in total. The SMILES string of the molecule is C[C@@H](OC(=O)CN1C(=O)Cc2ccccc2C1=O)C(=O)N[C@@H]1CCCc2ccccc21. The normalized spacial score (nSPS) is 18.6. The van der Waals surface area contributed by atoms with Gasteiger partial charge in [-0.1, -0.05) is 42.5 Å². The smallest absolute Gasteiger partial charge is 0.326 e. The van der Waals surface area contributed by atoms with Crippen LogP contribution in [0.25, 0.3) is 0 Å². The molecule has 0 bridgehead atoms. The third kappa shape index (κ3) is 4.35. The maximum absolute atomic E-state index is 12.6. The third-order valence-corrected chi connectivity index (χ3v) is 5.79. The van der Waals surface area contributed by atoms with Crippen molar-refractivity contribution in [2.24, 2.45) is 0 Å². The van der Waals surface area contributed by atoms with Gasteiger partial charge in [-0.3, -0.25) is 24.1 Å². The summed E-state index contributed by atoms with van der Waals surface area (Å²) in [6.45, 7) is 0.965. The number of carbonyl (C=O) groups is 4. The number of imide groups is 1. The molecule has 0 unspecified atom stereocenters. The highest BCUT2D eigenvalue weighted by Gasteiger charge is 2.33. The van der Waals surface area contributed by atoms with Crippen molar-refractivity contribution in [3.05, 3.63) is 70.8 Å². The number of fused-ring (bicyclic) bond motifs is 2. The number of benzene rings is 2. The average Bonchev–Trinajstić information content (AvgIpc) is 2.77. The van der Waals surface area contributed by atoms with E-state index in [0.29, 0.717) is 11.1 Å². The molecule has 0 saturated carbocycles. The van der Waals surface area contributed by atoms with Gasteiger partial charge in [0, 0.05) is 5.56 Å².